The van der Waals surface area contributed by atoms with Crippen molar-refractivity contribution in [1.29, 1.82) is 0 Å². The molecule has 0 unspecified atom stereocenters. The molecule has 0 aliphatic heterocycles. The van der Waals surface area contributed by atoms with Gasteiger partial charge in [0.2, 0.25) is 0 Å². The lowest BCUT2D eigenvalue weighted by molar-refractivity contribution is 0.591. The van der Waals surface area contributed by atoms with Crippen molar-refractivity contribution in [2.24, 2.45) is 0 Å². The summed E-state index contributed by atoms with van der Waals surface area (Å²) < 4.78 is 3.77. The van der Waals surface area contributed by atoms with Gasteiger partial charge in [-0.25, -0.2) is 0 Å². The first-order valence-corrected chi connectivity index (χ1v) is 5.42. The van der Waals surface area contributed by atoms with E-state index in [4.69, 9.17) is 0 Å². The summed E-state index contributed by atoms with van der Waals surface area (Å²) in [7, 11) is 0. The molecule has 2 nitrogen and oxygen atoms in total. The molecule has 0 amide bonds. The van der Waals surface area contributed by atoms with Crippen molar-refractivity contribution in [1.82, 2.24) is 4.37 Å². The molecular weight excluding hydrogens is 194 g/mol. The van der Waals surface area contributed by atoms with Crippen LogP contribution in [0, 0.1) is 0 Å². The van der Waals surface area contributed by atoms with E-state index in [9.17, 15) is 4.79 Å². The van der Waals surface area contributed by atoms with E-state index in [0.717, 1.165) is 10.1 Å². The van der Waals surface area contributed by atoms with Crippen LogP contribution in [0.15, 0.2) is 23.0 Å². The Balaban J connectivity index is 2.72. The molecule has 1 aromatic carbocycles. The minimum absolute atomic E-state index is 0.0242. The molecule has 0 atom stereocenters. The average molecular weight is 207 g/mol. The van der Waals surface area contributed by atoms with Crippen LogP contribution in [0.1, 0.15) is 26.3 Å². The number of aromatic nitrogens is 1. The van der Waals surface area contributed by atoms with Crippen LogP contribution in [0.25, 0.3) is 10.1 Å². The Kier molecular flexibility index (Phi) is 2.00. The van der Waals surface area contributed by atoms with E-state index >= 15 is 0 Å². The first-order valence-electron chi connectivity index (χ1n) is 4.60. The van der Waals surface area contributed by atoms with Gasteiger partial charge in [-0.3, -0.25) is 9.17 Å². The molecule has 1 aromatic heterocycles. The fraction of sp³-hybridized carbons (Fsp3) is 0.364. The molecule has 0 saturated heterocycles. The highest BCUT2D eigenvalue weighted by Crippen LogP contribution is 2.25. The Morgan fingerprint density at radius 1 is 1.29 bits per heavy atom. The van der Waals surface area contributed by atoms with Crippen LogP contribution in [0.5, 0.6) is 0 Å². The molecule has 0 fully saturated rings. The summed E-state index contributed by atoms with van der Waals surface area (Å²) in [6.45, 7) is 6.44. The molecule has 0 aliphatic rings. The van der Waals surface area contributed by atoms with Crippen LogP contribution < -0.4 is 5.56 Å². The largest absolute Gasteiger partial charge is 0.277 e. The van der Waals surface area contributed by atoms with Gasteiger partial charge in [0.05, 0.1) is 10.1 Å². The average Bonchev–Trinajstić information content (AvgIpc) is 2.46. The van der Waals surface area contributed by atoms with E-state index in [-0.39, 0.29) is 11.0 Å². The predicted octanol–water partition coefficient (Wildman–Crippen LogP) is 2.89. The summed E-state index contributed by atoms with van der Waals surface area (Å²) >= 11 is 1.40. The third-order valence-electron chi connectivity index (χ3n) is 2.34. The Labute approximate surface area is 86.7 Å². The van der Waals surface area contributed by atoms with Gasteiger partial charge in [-0.15, -0.1) is 0 Å². The van der Waals surface area contributed by atoms with Crippen molar-refractivity contribution >= 4 is 21.6 Å². The third-order valence-corrected chi connectivity index (χ3v) is 3.21. The van der Waals surface area contributed by atoms with Crippen molar-refractivity contribution in [2.75, 3.05) is 0 Å². The van der Waals surface area contributed by atoms with Crippen LogP contribution in [-0.4, -0.2) is 4.37 Å². The van der Waals surface area contributed by atoms with Gasteiger partial charge in [0.25, 0.3) is 5.56 Å². The summed E-state index contributed by atoms with van der Waals surface area (Å²) in [6.07, 6.45) is 0. The summed E-state index contributed by atoms with van der Waals surface area (Å²) in [5, 5.41) is 0.808. The number of hydrogen-bond acceptors (Lipinski definition) is 2. The predicted molar refractivity (Wildman–Crippen MR) is 61.1 cm³/mol. The zero-order chi connectivity index (χ0) is 10.3. The highest BCUT2D eigenvalue weighted by atomic mass is 32.1. The second kappa shape index (κ2) is 2.95. The molecule has 0 radical (unpaired) electrons. The van der Waals surface area contributed by atoms with Crippen molar-refractivity contribution in [3.8, 4) is 0 Å². The summed E-state index contributed by atoms with van der Waals surface area (Å²) in [4.78, 5) is 11.4. The number of hydrogen-bond donors (Lipinski definition) is 1. The lowest BCUT2D eigenvalue weighted by atomic mass is 9.87. The highest BCUT2D eigenvalue weighted by molar-refractivity contribution is 7.13. The van der Waals surface area contributed by atoms with Gasteiger partial charge in [-0.05, 0) is 23.1 Å². The molecule has 74 valence electrons. The van der Waals surface area contributed by atoms with Crippen molar-refractivity contribution in [2.45, 2.75) is 26.2 Å². The lowest BCUT2D eigenvalue weighted by Crippen LogP contribution is -2.11. The SMILES string of the molecule is CC(C)(C)c1ccc2s[nH]c(=O)c2c1. The van der Waals surface area contributed by atoms with Gasteiger partial charge in [-0.2, -0.15) is 0 Å². The van der Waals surface area contributed by atoms with E-state index < -0.39 is 0 Å². The maximum atomic E-state index is 11.4. The standard InChI is InChI=1S/C11H13NOS/c1-11(2,3)7-4-5-9-8(6-7)10(13)12-14-9/h4-6H,1-3H3,(H,12,13). The number of nitrogens with one attached hydrogen (secondary N) is 1. The monoisotopic (exact) mass is 207 g/mol. The molecule has 0 aliphatic carbocycles. The Bertz CT molecular complexity index is 516. The maximum absolute atomic E-state index is 11.4. The minimum Gasteiger partial charge on any atom is -0.277 e. The second-order valence-electron chi connectivity index (χ2n) is 4.49. The molecule has 3 heteroatoms. The molecule has 14 heavy (non-hydrogen) atoms. The van der Waals surface area contributed by atoms with E-state index in [2.05, 4.69) is 31.2 Å². The van der Waals surface area contributed by atoms with E-state index in [1.54, 1.807) is 0 Å². The van der Waals surface area contributed by atoms with Gasteiger partial charge in [0, 0.05) is 0 Å². The van der Waals surface area contributed by atoms with E-state index in [0.29, 0.717) is 0 Å². The van der Waals surface area contributed by atoms with Crippen molar-refractivity contribution < 1.29 is 0 Å². The van der Waals surface area contributed by atoms with Crippen molar-refractivity contribution in [3.05, 3.63) is 34.1 Å². The van der Waals surface area contributed by atoms with Crippen LogP contribution >= 0.6 is 11.5 Å². The normalized spacial score (nSPS) is 12.2. The Morgan fingerprint density at radius 3 is 2.64 bits per heavy atom. The molecule has 0 saturated carbocycles. The first kappa shape index (κ1) is 9.46. The summed E-state index contributed by atoms with van der Waals surface area (Å²) in [6, 6.07) is 6.09. The number of aromatic amines is 1. The number of benzene rings is 1. The van der Waals surface area contributed by atoms with Crippen molar-refractivity contribution in [3.63, 3.8) is 0 Å². The molecule has 1 N–H and O–H groups in total. The number of fused-ring (bicyclic) bond motifs is 1. The van der Waals surface area contributed by atoms with Crippen LogP contribution in [0.3, 0.4) is 0 Å². The molecule has 2 rings (SSSR count). The fourth-order valence-corrected chi connectivity index (χ4v) is 2.13. The van der Waals surface area contributed by atoms with Gasteiger partial charge in [-0.1, -0.05) is 38.4 Å². The van der Waals surface area contributed by atoms with Crippen LogP contribution in [-0.2, 0) is 5.41 Å². The number of H-pyrrole nitrogens is 1. The summed E-state index contributed by atoms with van der Waals surface area (Å²) in [5.41, 5.74) is 1.33. The fourth-order valence-electron chi connectivity index (χ4n) is 1.42. The maximum Gasteiger partial charge on any atom is 0.265 e. The Hall–Kier alpha value is -1.09. The minimum atomic E-state index is 0.0242. The second-order valence-corrected chi connectivity index (χ2v) is 5.34. The molecule has 1 heterocycles. The zero-order valence-electron chi connectivity index (χ0n) is 8.55. The quantitative estimate of drug-likeness (QED) is 0.708. The topological polar surface area (TPSA) is 32.9 Å². The van der Waals surface area contributed by atoms with E-state index in [1.807, 2.05) is 12.1 Å². The number of rotatable bonds is 0. The highest BCUT2D eigenvalue weighted by Gasteiger charge is 2.14. The molecule has 2 aromatic rings. The van der Waals surface area contributed by atoms with Gasteiger partial charge >= 0.3 is 0 Å². The zero-order valence-corrected chi connectivity index (χ0v) is 9.37. The Morgan fingerprint density at radius 2 is 2.00 bits per heavy atom. The third kappa shape index (κ3) is 1.48. The lowest BCUT2D eigenvalue weighted by Gasteiger charge is -2.18. The van der Waals surface area contributed by atoms with Gasteiger partial charge in [0.1, 0.15) is 0 Å². The molecule has 0 bridgehead atoms. The van der Waals surface area contributed by atoms with Crippen LogP contribution in [0.4, 0.5) is 0 Å². The van der Waals surface area contributed by atoms with E-state index in [1.165, 1.54) is 17.1 Å². The van der Waals surface area contributed by atoms with Gasteiger partial charge < -0.3 is 0 Å². The molecule has 0 spiro atoms. The van der Waals surface area contributed by atoms with Gasteiger partial charge in [0.15, 0.2) is 0 Å². The molecular formula is C11H13NOS. The smallest absolute Gasteiger partial charge is 0.265 e. The first-order chi connectivity index (χ1) is 6.48. The summed E-state index contributed by atoms with van der Waals surface area (Å²) in [5.74, 6) is 0. The van der Waals surface area contributed by atoms with Crippen LogP contribution in [0.2, 0.25) is 0 Å².